The highest BCUT2D eigenvalue weighted by molar-refractivity contribution is 7.83. The smallest absolute Gasteiger partial charge is 0.172 e. The van der Waals surface area contributed by atoms with Crippen LogP contribution in [0.1, 0.15) is 58.6 Å². The molecule has 218 valence electrons. The summed E-state index contributed by atoms with van der Waals surface area (Å²) in [6.45, 7) is 12.6. The lowest BCUT2D eigenvalue weighted by Gasteiger charge is -2.32. The molecule has 2 aromatic rings. The third-order valence-corrected chi connectivity index (χ3v) is 8.92. The molecule has 7 heteroatoms. The summed E-state index contributed by atoms with van der Waals surface area (Å²) < 4.78 is 6.35. The summed E-state index contributed by atoms with van der Waals surface area (Å²) in [6.07, 6.45) is 10.2. The average Bonchev–Trinajstić information content (AvgIpc) is 3.26. The summed E-state index contributed by atoms with van der Waals surface area (Å²) in [5.41, 5.74) is 4.72. The summed E-state index contributed by atoms with van der Waals surface area (Å²) in [5.74, 6) is 0.00448. The van der Waals surface area contributed by atoms with E-state index in [9.17, 15) is 15.8 Å². The van der Waals surface area contributed by atoms with Gasteiger partial charge in [0.15, 0.2) is 16.9 Å². The summed E-state index contributed by atoms with van der Waals surface area (Å²) >= 11 is 9.00. The van der Waals surface area contributed by atoms with Gasteiger partial charge in [-0.05, 0) is 86.1 Å². The number of nitriles is 3. The Morgan fingerprint density at radius 2 is 1.60 bits per heavy atom. The van der Waals surface area contributed by atoms with E-state index >= 15 is 0 Å². The van der Waals surface area contributed by atoms with Crippen LogP contribution in [0.15, 0.2) is 104 Å². The van der Waals surface area contributed by atoms with Crippen LogP contribution in [0.3, 0.4) is 0 Å². The zero-order chi connectivity index (χ0) is 31.4. The second-order valence-electron chi connectivity index (χ2n) is 11.7. The second kappa shape index (κ2) is 13.0. The van der Waals surface area contributed by atoms with Crippen LogP contribution in [-0.4, -0.2) is 13.1 Å². The first-order valence-electron chi connectivity index (χ1n) is 14.3. The molecule has 1 aliphatic heterocycles. The van der Waals surface area contributed by atoms with E-state index in [4.69, 9.17) is 4.74 Å². The zero-order valence-corrected chi connectivity index (χ0v) is 27.1. The van der Waals surface area contributed by atoms with Crippen molar-refractivity contribution in [1.29, 1.82) is 15.8 Å². The molecule has 0 saturated heterocycles. The minimum absolute atomic E-state index is 0.00448. The van der Waals surface area contributed by atoms with E-state index < -0.39 is 5.60 Å². The van der Waals surface area contributed by atoms with Crippen LogP contribution in [0.4, 0.5) is 5.69 Å². The standard InChI is InChI=1S/C36H36N4OS2/c1-6-40(7-2)29-13-10-24(11-14-29)8-9-25-16-26(20-35(3,4)19-25)17-31-30(23-39)34(27(21-37)22-38)41-36(31,5)28-12-15-32(42)33(43)18-28/h8-18,42-43H,6-7,19-20H2,1-5H3/b9-8+,26-17-. The number of benzene rings is 2. The molecule has 0 aromatic heterocycles. The molecule has 0 saturated carbocycles. The molecule has 1 aliphatic carbocycles. The van der Waals surface area contributed by atoms with Crippen molar-refractivity contribution in [3.63, 3.8) is 0 Å². The van der Waals surface area contributed by atoms with E-state index in [0.29, 0.717) is 15.4 Å². The minimum Gasteiger partial charge on any atom is -0.474 e. The Morgan fingerprint density at radius 1 is 0.930 bits per heavy atom. The van der Waals surface area contributed by atoms with Gasteiger partial charge in [0.25, 0.3) is 0 Å². The summed E-state index contributed by atoms with van der Waals surface area (Å²) in [5, 5.41) is 29.6. The zero-order valence-electron chi connectivity index (χ0n) is 25.3. The fourth-order valence-corrected chi connectivity index (χ4v) is 6.16. The highest BCUT2D eigenvalue weighted by Gasteiger charge is 2.44. The Hall–Kier alpha value is -4.09. The predicted molar refractivity (Wildman–Crippen MR) is 178 cm³/mol. The summed E-state index contributed by atoms with van der Waals surface area (Å²) in [6, 6.07) is 20.2. The Bertz CT molecular complexity index is 1680. The van der Waals surface area contributed by atoms with Crippen molar-refractivity contribution < 1.29 is 4.74 Å². The second-order valence-corrected chi connectivity index (χ2v) is 12.7. The van der Waals surface area contributed by atoms with Crippen molar-refractivity contribution in [1.82, 2.24) is 0 Å². The van der Waals surface area contributed by atoms with Gasteiger partial charge in [0.1, 0.15) is 23.8 Å². The van der Waals surface area contributed by atoms with Gasteiger partial charge in [-0.25, -0.2) is 0 Å². The Balaban J connectivity index is 1.81. The van der Waals surface area contributed by atoms with E-state index in [1.807, 2.05) is 43.3 Å². The van der Waals surface area contributed by atoms with Crippen LogP contribution >= 0.6 is 25.3 Å². The maximum absolute atomic E-state index is 10.3. The molecule has 0 amide bonds. The van der Waals surface area contributed by atoms with Gasteiger partial charge in [0.05, 0.1) is 0 Å². The van der Waals surface area contributed by atoms with Crippen LogP contribution in [0.25, 0.3) is 6.08 Å². The Kier molecular flexibility index (Phi) is 9.66. The van der Waals surface area contributed by atoms with Gasteiger partial charge in [0.2, 0.25) is 0 Å². The maximum Gasteiger partial charge on any atom is 0.172 e. The first-order valence-corrected chi connectivity index (χ1v) is 15.2. The molecule has 2 aliphatic rings. The average molecular weight is 605 g/mol. The van der Waals surface area contributed by atoms with Crippen LogP contribution in [0, 0.1) is 39.4 Å². The third kappa shape index (κ3) is 6.78. The monoisotopic (exact) mass is 604 g/mol. The lowest BCUT2D eigenvalue weighted by Crippen LogP contribution is -2.24. The van der Waals surface area contributed by atoms with Gasteiger partial charge in [0, 0.05) is 39.7 Å². The topological polar surface area (TPSA) is 83.8 Å². The van der Waals surface area contributed by atoms with Gasteiger partial charge in [-0.1, -0.05) is 50.3 Å². The van der Waals surface area contributed by atoms with Gasteiger partial charge in [-0.2, -0.15) is 15.8 Å². The van der Waals surface area contributed by atoms with Crippen molar-refractivity contribution in [3.8, 4) is 18.2 Å². The molecule has 1 heterocycles. The highest BCUT2D eigenvalue weighted by atomic mass is 32.1. The molecule has 43 heavy (non-hydrogen) atoms. The van der Waals surface area contributed by atoms with Gasteiger partial charge in [-0.3, -0.25) is 0 Å². The molecule has 0 bridgehead atoms. The molecule has 5 nitrogen and oxygen atoms in total. The highest BCUT2D eigenvalue weighted by Crippen LogP contribution is 2.49. The number of allylic oxidation sites excluding steroid dienone is 6. The van der Waals surface area contributed by atoms with E-state index in [2.05, 4.69) is 106 Å². The SMILES string of the molecule is CCN(CC)c1ccc(/C=C/C2=CC(=C/C3=C(C#N)C(=C(C#N)C#N)OC3(C)c3ccc(S)c(S)c3)/CC(C)(C)C2)cc1. The van der Waals surface area contributed by atoms with E-state index in [0.717, 1.165) is 42.6 Å². The molecule has 1 unspecified atom stereocenters. The molecular formula is C36H36N4OS2. The summed E-state index contributed by atoms with van der Waals surface area (Å²) in [7, 11) is 0. The fraction of sp³-hybridized carbons (Fsp3) is 0.306. The molecule has 2 aromatic carbocycles. The van der Waals surface area contributed by atoms with Crippen molar-refractivity contribution in [2.24, 2.45) is 5.41 Å². The number of hydrogen-bond donors (Lipinski definition) is 2. The lowest BCUT2D eigenvalue weighted by molar-refractivity contribution is 0.0751. The van der Waals surface area contributed by atoms with Crippen molar-refractivity contribution in [3.05, 3.63) is 105 Å². The Labute approximate surface area is 266 Å². The molecule has 0 N–H and O–H groups in total. The normalized spacial score (nSPS) is 20.3. The first kappa shape index (κ1) is 31.8. The molecule has 0 fully saturated rings. The molecular weight excluding hydrogens is 569 g/mol. The number of nitrogens with zero attached hydrogens (tertiary/aromatic N) is 4. The molecule has 1 atom stereocenters. The van der Waals surface area contributed by atoms with Crippen LogP contribution in [-0.2, 0) is 10.3 Å². The van der Waals surface area contributed by atoms with Crippen LogP contribution in [0.2, 0.25) is 0 Å². The number of rotatable bonds is 7. The van der Waals surface area contributed by atoms with Crippen molar-refractivity contribution >= 4 is 37.0 Å². The molecule has 0 spiro atoms. The largest absolute Gasteiger partial charge is 0.474 e. The Morgan fingerprint density at radius 3 is 2.19 bits per heavy atom. The van der Waals surface area contributed by atoms with Crippen LogP contribution in [0.5, 0.6) is 0 Å². The van der Waals surface area contributed by atoms with Gasteiger partial charge in [-0.15, -0.1) is 25.3 Å². The third-order valence-electron chi connectivity index (χ3n) is 7.98. The van der Waals surface area contributed by atoms with Crippen molar-refractivity contribution in [2.75, 3.05) is 18.0 Å². The van der Waals surface area contributed by atoms with Crippen molar-refractivity contribution in [2.45, 2.75) is 62.9 Å². The quantitative estimate of drug-likeness (QED) is 0.244. The molecule has 4 rings (SSSR count). The maximum atomic E-state index is 10.3. The van der Waals surface area contributed by atoms with E-state index in [1.54, 1.807) is 0 Å². The van der Waals surface area contributed by atoms with Gasteiger partial charge < -0.3 is 9.64 Å². The first-order chi connectivity index (χ1) is 20.5. The number of anilines is 1. The number of thiol groups is 2. The van der Waals surface area contributed by atoms with Crippen LogP contribution < -0.4 is 4.90 Å². The minimum atomic E-state index is -1.12. The fourth-order valence-electron chi connectivity index (χ4n) is 5.81. The number of ether oxygens (including phenoxy) is 1. The number of hydrogen-bond acceptors (Lipinski definition) is 7. The van der Waals surface area contributed by atoms with Gasteiger partial charge >= 0.3 is 0 Å². The van der Waals surface area contributed by atoms with E-state index in [1.165, 1.54) is 11.3 Å². The van der Waals surface area contributed by atoms with E-state index in [-0.39, 0.29) is 22.3 Å². The molecule has 0 radical (unpaired) electrons. The lowest BCUT2D eigenvalue weighted by atomic mass is 9.74. The summed E-state index contributed by atoms with van der Waals surface area (Å²) in [4.78, 5) is 3.69. The predicted octanol–water partition coefficient (Wildman–Crippen LogP) is 8.86.